The normalized spacial score (nSPS) is 21.1. The standard InChI is InChI=1S/C12H19N3O2S/c1-13-7-10-3-2-6-14(8-10)9-11-4-5-12(18-11)15(16)17/h4-5,10,13H,2-3,6-9H2,1H3. The molecule has 2 rings (SSSR count). The molecule has 1 atom stereocenters. The second-order valence-corrected chi connectivity index (χ2v) is 5.94. The molecule has 1 aliphatic heterocycles. The first-order chi connectivity index (χ1) is 8.69. The number of piperidine rings is 1. The minimum Gasteiger partial charge on any atom is -0.319 e. The van der Waals surface area contributed by atoms with Gasteiger partial charge in [0.1, 0.15) is 0 Å². The molecule has 1 aromatic rings. The number of nitrogens with one attached hydrogen (secondary N) is 1. The molecule has 5 nitrogen and oxygen atoms in total. The van der Waals surface area contributed by atoms with Crippen LogP contribution < -0.4 is 5.32 Å². The van der Waals surface area contributed by atoms with Gasteiger partial charge in [-0.1, -0.05) is 11.3 Å². The van der Waals surface area contributed by atoms with Gasteiger partial charge in [0.15, 0.2) is 0 Å². The number of hydrogen-bond donors (Lipinski definition) is 1. The third-order valence-electron chi connectivity index (χ3n) is 3.30. The Labute approximate surface area is 111 Å². The highest BCUT2D eigenvalue weighted by atomic mass is 32.1. The molecule has 18 heavy (non-hydrogen) atoms. The quantitative estimate of drug-likeness (QED) is 0.657. The summed E-state index contributed by atoms with van der Waals surface area (Å²) in [4.78, 5) is 13.8. The fraction of sp³-hybridized carbons (Fsp3) is 0.667. The van der Waals surface area contributed by atoms with Crippen LogP contribution in [0.1, 0.15) is 17.7 Å². The fourth-order valence-electron chi connectivity index (χ4n) is 2.52. The van der Waals surface area contributed by atoms with E-state index in [9.17, 15) is 10.1 Å². The van der Waals surface area contributed by atoms with Gasteiger partial charge in [-0.25, -0.2) is 0 Å². The second kappa shape index (κ2) is 6.26. The molecule has 0 radical (unpaired) electrons. The van der Waals surface area contributed by atoms with Crippen molar-refractivity contribution in [3.05, 3.63) is 27.1 Å². The van der Waals surface area contributed by atoms with Gasteiger partial charge in [-0.2, -0.15) is 0 Å². The van der Waals surface area contributed by atoms with Crippen LogP contribution in [-0.2, 0) is 6.54 Å². The summed E-state index contributed by atoms with van der Waals surface area (Å²) in [6.45, 7) is 4.10. The van der Waals surface area contributed by atoms with Crippen LogP contribution in [0.2, 0.25) is 0 Å². The van der Waals surface area contributed by atoms with Gasteiger partial charge < -0.3 is 5.32 Å². The van der Waals surface area contributed by atoms with Crippen molar-refractivity contribution < 1.29 is 4.92 Å². The zero-order valence-electron chi connectivity index (χ0n) is 10.6. The van der Waals surface area contributed by atoms with E-state index in [1.165, 1.54) is 24.2 Å². The summed E-state index contributed by atoms with van der Waals surface area (Å²) < 4.78 is 0. The van der Waals surface area contributed by atoms with Crippen LogP contribution in [0, 0.1) is 16.0 Å². The zero-order valence-corrected chi connectivity index (χ0v) is 11.4. The van der Waals surface area contributed by atoms with Crippen LogP contribution in [0.15, 0.2) is 12.1 Å². The van der Waals surface area contributed by atoms with E-state index in [1.807, 2.05) is 13.1 Å². The van der Waals surface area contributed by atoms with Gasteiger partial charge in [0, 0.05) is 24.0 Å². The van der Waals surface area contributed by atoms with Gasteiger partial charge in [0.05, 0.1) is 4.92 Å². The molecular formula is C12H19N3O2S. The molecule has 6 heteroatoms. The summed E-state index contributed by atoms with van der Waals surface area (Å²) >= 11 is 1.29. The number of rotatable bonds is 5. The lowest BCUT2D eigenvalue weighted by Crippen LogP contribution is -2.38. The third-order valence-corrected chi connectivity index (χ3v) is 4.32. The Morgan fingerprint density at radius 3 is 3.11 bits per heavy atom. The minimum atomic E-state index is -0.311. The molecule has 100 valence electrons. The smallest absolute Gasteiger partial charge is 0.319 e. The SMILES string of the molecule is CNCC1CCCN(Cc2ccc([N+](=O)[O-])s2)C1. The maximum atomic E-state index is 10.6. The highest BCUT2D eigenvalue weighted by Crippen LogP contribution is 2.26. The summed E-state index contributed by atoms with van der Waals surface area (Å²) in [6.07, 6.45) is 2.50. The molecule has 1 aromatic heterocycles. The highest BCUT2D eigenvalue weighted by molar-refractivity contribution is 7.15. The van der Waals surface area contributed by atoms with Crippen molar-refractivity contribution in [3.8, 4) is 0 Å². The van der Waals surface area contributed by atoms with Crippen molar-refractivity contribution in [2.45, 2.75) is 19.4 Å². The molecule has 0 amide bonds. The Hall–Kier alpha value is -0.980. The minimum absolute atomic E-state index is 0.244. The van der Waals surface area contributed by atoms with E-state index >= 15 is 0 Å². The molecule has 2 heterocycles. The summed E-state index contributed by atoms with van der Waals surface area (Å²) in [5.74, 6) is 0.707. The molecule has 0 spiro atoms. The number of likely N-dealkylation sites (tertiary alicyclic amines) is 1. The van der Waals surface area contributed by atoms with Crippen LogP contribution in [-0.4, -0.2) is 36.5 Å². The van der Waals surface area contributed by atoms with E-state index < -0.39 is 0 Å². The largest absolute Gasteiger partial charge is 0.324 e. The number of thiophene rings is 1. The lowest BCUT2D eigenvalue weighted by atomic mass is 9.98. The second-order valence-electron chi connectivity index (χ2n) is 4.80. The van der Waals surface area contributed by atoms with Gasteiger partial charge in [-0.3, -0.25) is 15.0 Å². The molecular weight excluding hydrogens is 250 g/mol. The first kappa shape index (κ1) is 13.5. The molecule has 1 N–H and O–H groups in total. The Balaban J connectivity index is 1.89. The summed E-state index contributed by atoms with van der Waals surface area (Å²) in [5.41, 5.74) is 0. The summed E-state index contributed by atoms with van der Waals surface area (Å²) in [5, 5.41) is 14.1. The summed E-state index contributed by atoms with van der Waals surface area (Å²) in [7, 11) is 1.99. The maximum Gasteiger partial charge on any atom is 0.324 e. The van der Waals surface area contributed by atoms with Gasteiger partial charge in [-0.15, -0.1) is 0 Å². The Morgan fingerprint density at radius 2 is 2.44 bits per heavy atom. The van der Waals surface area contributed by atoms with E-state index in [4.69, 9.17) is 0 Å². The van der Waals surface area contributed by atoms with Gasteiger partial charge in [-0.05, 0) is 45.0 Å². The van der Waals surface area contributed by atoms with Crippen molar-refractivity contribution in [1.82, 2.24) is 10.2 Å². The molecule has 1 saturated heterocycles. The lowest BCUT2D eigenvalue weighted by molar-refractivity contribution is -0.380. The van der Waals surface area contributed by atoms with Crippen LogP contribution >= 0.6 is 11.3 Å². The highest BCUT2D eigenvalue weighted by Gasteiger charge is 2.20. The molecule has 0 bridgehead atoms. The van der Waals surface area contributed by atoms with E-state index in [-0.39, 0.29) is 9.92 Å². The van der Waals surface area contributed by atoms with E-state index in [2.05, 4.69) is 10.2 Å². The topological polar surface area (TPSA) is 58.4 Å². The van der Waals surface area contributed by atoms with Gasteiger partial charge >= 0.3 is 5.00 Å². The Morgan fingerprint density at radius 1 is 1.61 bits per heavy atom. The average molecular weight is 269 g/mol. The van der Waals surface area contributed by atoms with Gasteiger partial charge in [0.25, 0.3) is 0 Å². The molecule has 0 aromatic carbocycles. The number of nitrogens with zero attached hydrogens (tertiary/aromatic N) is 2. The molecule has 0 saturated carbocycles. The molecule has 1 fully saturated rings. The van der Waals surface area contributed by atoms with Gasteiger partial charge in [0.2, 0.25) is 0 Å². The predicted octanol–water partition coefficient (Wildman–Crippen LogP) is 2.09. The van der Waals surface area contributed by atoms with Crippen molar-refractivity contribution in [2.75, 3.05) is 26.7 Å². The lowest BCUT2D eigenvalue weighted by Gasteiger charge is -2.32. The summed E-state index contributed by atoms with van der Waals surface area (Å²) in [6, 6.07) is 3.49. The van der Waals surface area contributed by atoms with E-state index in [0.29, 0.717) is 5.92 Å². The first-order valence-electron chi connectivity index (χ1n) is 6.29. The van der Waals surface area contributed by atoms with Crippen molar-refractivity contribution in [2.24, 2.45) is 5.92 Å². The van der Waals surface area contributed by atoms with Crippen LogP contribution in [0.4, 0.5) is 5.00 Å². The average Bonchev–Trinajstić information content (AvgIpc) is 2.78. The van der Waals surface area contributed by atoms with E-state index in [0.717, 1.165) is 31.1 Å². The van der Waals surface area contributed by atoms with Crippen LogP contribution in [0.5, 0.6) is 0 Å². The third kappa shape index (κ3) is 3.51. The first-order valence-corrected chi connectivity index (χ1v) is 7.10. The zero-order chi connectivity index (χ0) is 13.0. The molecule has 1 aliphatic rings. The number of hydrogen-bond acceptors (Lipinski definition) is 5. The van der Waals surface area contributed by atoms with Crippen molar-refractivity contribution in [3.63, 3.8) is 0 Å². The van der Waals surface area contributed by atoms with E-state index in [1.54, 1.807) is 6.07 Å². The molecule has 0 aliphatic carbocycles. The number of nitro groups is 1. The Kier molecular flexibility index (Phi) is 4.68. The molecule has 1 unspecified atom stereocenters. The van der Waals surface area contributed by atoms with Crippen LogP contribution in [0.25, 0.3) is 0 Å². The maximum absolute atomic E-state index is 10.6. The van der Waals surface area contributed by atoms with Crippen LogP contribution in [0.3, 0.4) is 0 Å². The predicted molar refractivity (Wildman–Crippen MR) is 72.9 cm³/mol. The van der Waals surface area contributed by atoms with Crippen molar-refractivity contribution in [1.29, 1.82) is 0 Å². The monoisotopic (exact) mass is 269 g/mol. The fourth-order valence-corrected chi connectivity index (χ4v) is 3.38. The Bertz CT molecular complexity index is 406. The van der Waals surface area contributed by atoms with Crippen molar-refractivity contribution >= 4 is 16.3 Å².